The highest BCUT2D eigenvalue weighted by Crippen LogP contribution is 2.15. The molecule has 132 valence electrons. The summed E-state index contributed by atoms with van der Waals surface area (Å²) >= 11 is 0. The molecule has 1 heterocycles. The fourth-order valence-corrected chi connectivity index (χ4v) is 2.95. The molecular formula is C21H22N4O. The van der Waals surface area contributed by atoms with E-state index in [1.807, 2.05) is 42.5 Å². The van der Waals surface area contributed by atoms with E-state index in [4.69, 9.17) is 5.26 Å². The number of hydrogen-bond donors (Lipinski definition) is 1. The van der Waals surface area contributed by atoms with Crippen LogP contribution < -0.4 is 5.56 Å². The first-order chi connectivity index (χ1) is 12.6. The summed E-state index contributed by atoms with van der Waals surface area (Å²) in [7, 11) is 0. The Balaban J connectivity index is 1.86. The van der Waals surface area contributed by atoms with Gasteiger partial charge in [0.2, 0.25) is 0 Å². The molecule has 1 N–H and O–H groups in total. The second kappa shape index (κ2) is 7.94. The van der Waals surface area contributed by atoms with E-state index in [2.05, 4.69) is 34.8 Å². The van der Waals surface area contributed by atoms with Crippen LogP contribution in [-0.4, -0.2) is 20.9 Å². The second-order valence-electron chi connectivity index (χ2n) is 6.50. The fourth-order valence-electron chi connectivity index (χ4n) is 2.95. The molecule has 0 saturated carbocycles. The number of benzene rings is 2. The average Bonchev–Trinajstić information content (AvgIpc) is 2.67. The monoisotopic (exact) mass is 346 g/mol. The molecule has 0 fully saturated rings. The van der Waals surface area contributed by atoms with Crippen molar-refractivity contribution in [3.8, 4) is 6.07 Å². The van der Waals surface area contributed by atoms with Crippen molar-refractivity contribution in [2.45, 2.75) is 39.4 Å². The number of hydrogen-bond acceptors (Lipinski definition) is 4. The van der Waals surface area contributed by atoms with Crippen LogP contribution in [0, 0.1) is 11.3 Å². The van der Waals surface area contributed by atoms with Crippen LogP contribution in [0.3, 0.4) is 0 Å². The lowest BCUT2D eigenvalue weighted by Gasteiger charge is -2.28. The van der Waals surface area contributed by atoms with Crippen LogP contribution in [0.4, 0.5) is 0 Å². The highest BCUT2D eigenvalue weighted by Gasteiger charge is 2.15. The molecule has 0 amide bonds. The van der Waals surface area contributed by atoms with Gasteiger partial charge >= 0.3 is 0 Å². The molecule has 0 aliphatic rings. The largest absolute Gasteiger partial charge is 0.309 e. The van der Waals surface area contributed by atoms with Crippen LogP contribution >= 0.6 is 0 Å². The zero-order valence-electron chi connectivity index (χ0n) is 15.1. The van der Waals surface area contributed by atoms with Gasteiger partial charge in [0.1, 0.15) is 5.82 Å². The van der Waals surface area contributed by atoms with Crippen LogP contribution in [0.5, 0.6) is 0 Å². The SMILES string of the molecule is CCC(C)N(Cc1ccc(C#N)cc1)Cc1nc2ccccc2c(=O)[nH]1. The summed E-state index contributed by atoms with van der Waals surface area (Å²) < 4.78 is 0. The van der Waals surface area contributed by atoms with Gasteiger partial charge in [-0.15, -0.1) is 0 Å². The Morgan fingerprint density at radius 1 is 1.15 bits per heavy atom. The number of fused-ring (bicyclic) bond motifs is 1. The first kappa shape index (κ1) is 17.8. The van der Waals surface area contributed by atoms with E-state index in [1.54, 1.807) is 6.07 Å². The molecule has 1 aromatic heterocycles. The summed E-state index contributed by atoms with van der Waals surface area (Å²) in [5.74, 6) is 0.669. The molecular weight excluding hydrogens is 324 g/mol. The predicted molar refractivity (Wildman–Crippen MR) is 103 cm³/mol. The molecule has 5 nitrogen and oxygen atoms in total. The Morgan fingerprint density at radius 3 is 2.58 bits per heavy atom. The summed E-state index contributed by atoms with van der Waals surface area (Å²) in [4.78, 5) is 22.1. The lowest BCUT2D eigenvalue weighted by Crippen LogP contribution is -2.33. The van der Waals surface area contributed by atoms with Crippen molar-refractivity contribution in [1.29, 1.82) is 5.26 Å². The number of rotatable bonds is 6. The molecule has 26 heavy (non-hydrogen) atoms. The van der Waals surface area contributed by atoms with E-state index in [9.17, 15) is 4.79 Å². The predicted octanol–water partition coefficient (Wildman–Crippen LogP) is 3.60. The Kier molecular flexibility index (Phi) is 5.45. The maximum Gasteiger partial charge on any atom is 0.258 e. The number of H-pyrrole nitrogens is 1. The third-order valence-corrected chi connectivity index (χ3v) is 4.70. The normalized spacial score (nSPS) is 12.2. The standard InChI is InChI=1S/C21H22N4O/c1-3-15(2)25(13-17-10-8-16(12-22)9-11-17)14-20-23-19-7-5-4-6-18(19)21(26)24-20/h4-11,15H,3,13-14H2,1-2H3,(H,23,24,26). The van der Waals surface area contributed by atoms with Gasteiger partial charge in [-0.05, 0) is 43.2 Å². The van der Waals surface area contributed by atoms with Gasteiger partial charge in [0, 0.05) is 12.6 Å². The highest BCUT2D eigenvalue weighted by molar-refractivity contribution is 5.77. The molecule has 0 bridgehead atoms. The topological polar surface area (TPSA) is 72.8 Å². The molecule has 0 aliphatic heterocycles. The molecule has 1 atom stereocenters. The first-order valence-electron chi connectivity index (χ1n) is 8.81. The summed E-state index contributed by atoms with van der Waals surface area (Å²) in [6.45, 7) is 5.61. The molecule has 3 aromatic rings. The maximum atomic E-state index is 12.3. The molecule has 3 rings (SSSR count). The minimum absolute atomic E-state index is 0.104. The summed E-state index contributed by atoms with van der Waals surface area (Å²) in [6, 6.07) is 17.5. The zero-order valence-corrected chi connectivity index (χ0v) is 15.1. The van der Waals surface area contributed by atoms with Crippen molar-refractivity contribution in [3.05, 3.63) is 75.8 Å². The number of nitriles is 1. The minimum atomic E-state index is -0.104. The van der Waals surface area contributed by atoms with Crippen molar-refractivity contribution < 1.29 is 0 Å². The van der Waals surface area contributed by atoms with Crippen LogP contribution in [0.1, 0.15) is 37.2 Å². The molecule has 0 radical (unpaired) electrons. The van der Waals surface area contributed by atoms with Crippen molar-refractivity contribution in [2.75, 3.05) is 0 Å². The number of para-hydroxylation sites is 1. The van der Waals surface area contributed by atoms with Crippen LogP contribution in [0.25, 0.3) is 10.9 Å². The van der Waals surface area contributed by atoms with Crippen molar-refractivity contribution in [1.82, 2.24) is 14.9 Å². The number of aromatic amines is 1. The minimum Gasteiger partial charge on any atom is -0.309 e. The Morgan fingerprint density at radius 2 is 1.88 bits per heavy atom. The molecule has 5 heteroatoms. The van der Waals surface area contributed by atoms with Crippen LogP contribution in [0.15, 0.2) is 53.3 Å². The smallest absolute Gasteiger partial charge is 0.258 e. The van der Waals surface area contributed by atoms with Gasteiger partial charge in [0.15, 0.2) is 0 Å². The lowest BCUT2D eigenvalue weighted by molar-refractivity contribution is 0.181. The third-order valence-electron chi connectivity index (χ3n) is 4.70. The summed E-state index contributed by atoms with van der Waals surface area (Å²) in [5.41, 5.74) is 2.40. The molecule has 1 unspecified atom stereocenters. The van der Waals surface area contributed by atoms with E-state index in [-0.39, 0.29) is 5.56 Å². The third kappa shape index (κ3) is 3.98. The van der Waals surface area contributed by atoms with Gasteiger partial charge in [-0.25, -0.2) is 4.98 Å². The van der Waals surface area contributed by atoms with E-state index in [0.29, 0.717) is 34.9 Å². The lowest BCUT2D eigenvalue weighted by atomic mass is 10.1. The molecule has 2 aromatic carbocycles. The number of nitrogens with zero attached hydrogens (tertiary/aromatic N) is 3. The first-order valence-corrected chi connectivity index (χ1v) is 8.81. The Bertz CT molecular complexity index is 985. The molecule has 0 spiro atoms. The van der Waals surface area contributed by atoms with Gasteiger partial charge in [-0.1, -0.05) is 31.2 Å². The van der Waals surface area contributed by atoms with E-state index < -0.39 is 0 Å². The van der Waals surface area contributed by atoms with Crippen molar-refractivity contribution in [3.63, 3.8) is 0 Å². The second-order valence-corrected chi connectivity index (χ2v) is 6.50. The van der Waals surface area contributed by atoms with E-state index >= 15 is 0 Å². The van der Waals surface area contributed by atoms with Crippen molar-refractivity contribution >= 4 is 10.9 Å². The van der Waals surface area contributed by atoms with Gasteiger partial charge in [0.05, 0.1) is 29.1 Å². The van der Waals surface area contributed by atoms with Gasteiger partial charge in [0.25, 0.3) is 5.56 Å². The van der Waals surface area contributed by atoms with Crippen LogP contribution in [-0.2, 0) is 13.1 Å². The van der Waals surface area contributed by atoms with Crippen molar-refractivity contribution in [2.24, 2.45) is 0 Å². The fraction of sp³-hybridized carbons (Fsp3) is 0.286. The average molecular weight is 346 g/mol. The van der Waals surface area contributed by atoms with E-state index in [0.717, 1.165) is 18.5 Å². The number of nitrogens with one attached hydrogen (secondary N) is 1. The van der Waals surface area contributed by atoms with E-state index in [1.165, 1.54) is 0 Å². The quantitative estimate of drug-likeness (QED) is 0.740. The summed E-state index contributed by atoms with van der Waals surface area (Å²) in [5, 5.41) is 9.55. The number of aromatic nitrogens is 2. The van der Waals surface area contributed by atoms with Crippen LogP contribution in [0.2, 0.25) is 0 Å². The molecule has 0 aliphatic carbocycles. The summed E-state index contributed by atoms with van der Waals surface area (Å²) in [6.07, 6.45) is 0.994. The van der Waals surface area contributed by atoms with Gasteiger partial charge in [-0.2, -0.15) is 5.26 Å². The molecule has 0 saturated heterocycles. The van der Waals surface area contributed by atoms with Gasteiger partial charge < -0.3 is 4.98 Å². The maximum absolute atomic E-state index is 12.3. The Labute approximate surface area is 152 Å². The Hall–Kier alpha value is -2.97. The van der Waals surface area contributed by atoms with Gasteiger partial charge in [-0.3, -0.25) is 9.69 Å². The zero-order chi connectivity index (χ0) is 18.5. The highest BCUT2D eigenvalue weighted by atomic mass is 16.1.